The molecule has 4 aliphatic rings. The number of carbonyl (C=O) groups is 3. The van der Waals surface area contributed by atoms with Gasteiger partial charge in [0, 0.05) is 23.5 Å². The van der Waals surface area contributed by atoms with E-state index in [0.717, 1.165) is 22.3 Å². The monoisotopic (exact) mass is 485 g/mol. The third-order valence-electron chi connectivity index (χ3n) is 7.99. The van der Waals surface area contributed by atoms with Crippen molar-refractivity contribution >= 4 is 23.3 Å². The topological polar surface area (TPSA) is 63.7 Å². The van der Waals surface area contributed by atoms with Gasteiger partial charge < -0.3 is 4.74 Å². The van der Waals surface area contributed by atoms with E-state index >= 15 is 0 Å². The zero-order valence-electron chi connectivity index (χ0n) is 19.9. The number of imide groups is 1. The Kier molecular flexibility index (Phi) is 4.86. The molecule has 180 valence electrons. The first-order valence-electron chi connectivity index (χ1n) is 12.5. The molecule has 1 saturated heterocycles. The average Bonchev–Trinajstić information content (AvgIpc) is 3.22. The van der Waals surface area contributed by atoms with Crippen LogP contribution < -0.4 is 9.64 Å². The first-order chi connectivity index (χ1) is 18.1. The number of nitrogens with zero attached hydrogens (tertiary/aromatic N) is 1. The smallest absolute Gasteiger partial charge is 0.238 e. The van der Waals surface area contributed by atoms with Crippen molar-refractivity contribution in [1.29, 1.82) is 0 Å². The van der Waals surface area contributed by atoms with Crippen LogP contribution in [0.3, 0.4) is 0 Å². The predicted molar refractivity (Wildman–Crippen MR) is 139 cm³/mol. The number of hydrogen-bond donors (Lipinski definition) is 0. The lowest BCUT2D eigenvalue weighted by atomic mass is 9.55. The number of ether oxygens (including phenoxy) is 1. The highest BCUT2D eigenvalue weighted by Crippen LogP contribution is 2.61. The second-order valence-corrected chi connectivity index (χ2v) is 9.85. The summed E-state index contributed by atoms with van der Waals surface area (Å²) in [6.07, 6.45) is 0. The highest BCUT2D eigenvalue weighted by Gasteiger charge is 2.61. The maximum Gasteiger partial charge on any atom is 0.238 e. The van der Waals surface area contributed by atoms with Crippen LogP contribution in [0.1, 0.15) is 44.4 Å². The molecule has 8 rings (SSSR count). The number of anilines is 1. The van der Waals surface area contributed by atoms with Gasteiger partial charge in [-0.05, 0) is 34.4 Å². The fraction of sp³-hybridized carbons (Fsp3) is 0.156. The number of rotatable bonds is 5. The standard InChI is InChI=1S/C32H23NO4/c34-26(19-9-2-1-3-10-19)18-37-21-12-8-11-20(17-21)33-31(35)29-27-22-13-4-5-14-23(22)28(30(29)32(33)36)25-16-7-6-15-24(25)27/h1-17,27-30H,18H2. The molecule has 2 bridgehead atoms. The van der Waals surface area contributed by atoms with Crippen LogP contribution in [0.5, 0.6) is 5.75 Å². The Bertz CT molecular complexity index is 1460. The summed E-state index contributed by atoms with van der Waals surface area (Å²) in [5.41, 5.74) is 5.63. The zero-order chi connectivity index (χ0) is 25.1. The van der Waals surface area contributed by atoms with Crippen molar-refractivity contribution in [2.45, 2.75) is 11.8 Å². The third-order valence-corrected chi connectivity index (χ3v) is 7.99. The summed E-state index contributed by atoms with van der Waals surface area (Å²) in [6.45, 7) is -0.130. The van der Waals surface area contributed by atoms with Crippen molar-refractivity contribution in [3.05, 3.63) is 131 Å². The molecule has 1 fully saturated rings. The van der Waals surface area contributed by atoms with E-state index in [1.165, 1.54) is 4.90 Å². The summed E-state index contributed by atoms with van der Waals surface area (Å²) in [7, 11) is 0. The normalized spacial score (nSPS) is 22.9. The van der Waals surface area contributed by atoms with Crippen LogP contribution in [0.2, 0.25) is 0 Å². The predicted octanol–water partition coefficient (Wildman–Crippen LogP) is 5.34. The molecule has 0 N–H and O–H groups in total. The van der Waals surface area contributed by atoms with Gasteiger partial charge in [0.25, 0.3) is 0 Å². The van der Waals surface area contributed by atoms with E-state index in [4.69, 9.17) is 4.74 Å². The van der Waals surface area contributed by atoms with Gasteiger partial charge in [0.05, 0.1) is 17.5 Å². The van der Waals surface area contributed by atoms with Gasteiger partial charge in [-0.1, -0.05) is 84.9 Å². The van der Waals surface area contributed by atoms with Gasteiger partial charge in [0.1, 0.15) is 5.75 Å². The molecule has 3 aliphatic carbocycles. The van der Waals surface area contributed by atoms with Crippen molar-refractivity contribution in [2.24, 2.45) is 11.8 Å². The van der Waals surface area contributed by atoms with Gasteiger partial charge in [-0.3, -0.25) is 14.4 Å². The van der Waals surface area contributed by atoms with Crippen LogP contribution >= 0.6 is 0 Å². The van der Waals surface area contributed by atoms with Crippen molar-refractivity contribution in [3.63, 3.8) is 0 Å². The summed E-state index contributed by atoms with van der Waals surface area (Å²) in [5.74, 6) is -1.22. The quantitative estimate of drug-likeness (QED) is 0.283. The highest BCUT2D eigenvalue weighted by atomic mass is 16.5. The lowest BCUT2D eigenvalue weighted by Gasteiger charge is -2.45. The summed E-state index contributed by atoms with van der Waals surface area (Å²) >= 11 is 0. The molecule has 0 radical (unpaired) electrons. The Labute approximate surface area is 214 Å². The first kappa shape index (κ1) is 21.7. The van der Waals surface area contributed by atoms with Gasteiger partial charge >= 0.3 is 0 Å². The molecule has 4 aromatic carbocycles. The molecular formula is C32H23NO4. The molecule has 1 heterocycles. The van der Waals surface area contributed by atoms with Gasteiger partial charge in [-0.15, -0.1) is 0 Å². The van der Waals surface area contributed by atoms with E-state index in [-0.39, 0.29) is 36.0 Å². The Balaban J connectivity index is 1.22. The molecule has 5 heteroatoms. The third kappa shape index (κ3) is 3.20. The Morgan fingerprint density at radius 3 is 1.70 bits per heavy atom. The van der Waals surface area contributed by atoms with Crippen LogP contribution in [0.25, 0.3) is 0 Å². The van der Waals surface area contributed by atoms with E-state index in [9.17, 15) is 14.4 Å². The Morgan fingerprint density at radius 1 is 0.649 bits per heavy atom. The fourth-order valence-corrected chi connectivity index (χ4v) is 6.50. The number of hydrogen-bond acceptors (Lipinski definition) is 4. The Morgan fingerprint density at radius 2 is 1.16 bits per heavy atom. The van der Waals surface area contributed by atoms with Crippen LogP contribution in [-0.2, 0) is 9.59 Å². The van der Waals surface area contributed by atoms with Crippen LogP contribution in [-0.4, -0.2) is 24.2 Å². The largest absolute Gasteiger partial charge is 0.485 e. The first-order valence-corrected chi connectivity index (χ1v) is 12.5. The second kappa shape index (κ2) is 8.27. The molecule has 2 unspecified atom stereocenters. The maximum atomic E-state index is 13.9. The molecule has 2 amide bonds. The molecule has 4 aromatic rings. The Hall–Kier alpha value is -4.51. The van der Waals surface area contributed by atoms with Crippen molar-refractivity contribution < 1.29 is 19.1 Å². The van der Waals surface area contributed by atoms with E-state index in [2.05, 4.69) is 24.3 Å². The molecule has 0 spiro atoms. The van der Waals surface area contributed by atoms with E-state index in [1.54, 1.807) is 36.4 Å². The molecule has 0 saturated carbocycles. The lowest BCUT2D eigenvalue weighted by Crippen LogP contribution is -2.41. The maximum absolute atomic E-state index is 13.9. The van der Waals surface area contributed by atoms with Gasteiger partial charge in [-0.25, -0.2) is 4.90 Å². The summed E-state index contributed by atoms with van der Waals surface area (Å²) in [4.78, 5) is 41.7. The SMILES string of the molecule is O=C(COc1cccc(N2C(=O)C3C4c5ccccc5C(c5ccccc54)C3C2=O)c1)c1ccccc1. The molecule has 5 nitrogen and oxygen atoms in total. The molecule has 2 atom stereocenters. The summed E-state index contributed by atoms with van der Waals surface area (Å²) in [5, 5.41) is 0. The van der Waals surface area contributed by atoms with E-state index in [1.807, 2.05) is 42.5 Å². The van der Waals surface area contributed by atoms with Gasteiger partial charge in [-0.2, -0.15) is 0 Å². The van der Waals surface area contributed by atoms with Crippen LogP contribution in [0.15, 0.2) is 103 Å². The number of benzene rings is 4. The van der Waals surface area contributed by atoms with Gasteiger partial charge in [0.2, 0.25) is 11.8 Å². The van der Waals surface area contributed by atoms with Crippen molar-refractivity contribution in [2.75, 3.05) is 11.5 Å². The van der Waals surface area contributed by atoms with E-state index in [0.29, 0.717) is 17.0 Å². The minimum atomic E-state index is -0.438. The van der Waals surface area contributed by atoms with Crippen molar-refractivity contribution in [3.8, 4) is 5.75 Å². The molecule has 37 heavy (non-hydrogen) atoms. The highest BCUT2D eigenvalue weighted by molar-refractivity contribution is 6.23. The fourth-order valence-electron chi connectivity index (χ4n) is 6.50. The van der Waals surface area contributed by atoms with Crippen LogP contribution in [0.4, 0.5) is 5.69 Å². The number of amides is 2. The summed E-state index contributed by atoms with van der Waals surface area (Å²) < 4.78 is 5.77. The molecular weight excluding hydrogens is 462 g/mol. The van der Waals surface area contributed by atoms with E-state index < -0.39 is 11.8 Å². The minimum Gasteiger partial charge on any atom is -0.485 e. The average molecular weight is 486 g/mol. The number of Topliss-reactive ketones (excluding diaryl/α,β-unsaturated/α-hetero) is 1. The summed E-state index contributed by atoms with van der Waals surface area (Å²) in [6, 6.07) is 32.3. The number of carbonyl (C=O) groups excluding carboxylic acids is 3. The molecule has 1 aliphatic heterocycles. The number of ketones is 1. The molecule has 0 aromatic heterocycles. The van der Waals surface area contributed by atoms with Gasteiger partial charge in [0.15, 0.2) is 12.4 Å². The lowest BCUT2D eigenvalue weighted by molar-refractivity contribution is -0.122. The zero-order valence-corrected chi connectivity index (χ0v) is 19.9. The second-order valence-electron chi connectivity index (χ2n) is 9.85. The minimum absolute atomic E-state index is 0.130. The van der Waals surface area contributed by atoms with Crippen LogP contribution in [0, 0.1) is 11.8 Å². The van der Waals surface area contributed by atoms with Crippen molar-refractivity contribution in [1.82, 2.24) is 0 Å².